The number of nitrogens with one attached hydrogen (secondary N) is 1. The van der Waals surface area contributed by atoms with E-state index in [9.17, 15) is 0 Å². The van der Waals surface area contributed by atoms with Crippen molar-refractivity contribution in [2.45, 2.75) is 39.3 Å². The Morgan fingerprint density at radius 2 is 1.57 bits per heavy atom. The lowest BCUT2D eigenvalue weighted by Gasteiger charge is -2.19. The van der Waals surface area contributed by atoms with Gasteiger partial charge in [-0.25, -0.2) is 0 Å². The maximum Gasteiger partial charge on any atom is 0.161 e. The Kier molecular flexibility index (Phi) is 8.95. The van der Waals surface area contributed by atoms with Crippen molar-refractivity contribution in [3.8, 4) is 23.0 Å². The van der Waals surface area contributed by atoms with Crippen LogP contribution < -0.4 is 24.3 Å². The molecule has 1 atom stereocenters. The number of rotatable bonds is 12. The first-order valence-corrected chi connectivity index (χ1v) is 9.71. The second kappa shape index (κ2) is 11.4. The van der Waals surface area contributed by atoms with Gasteiger partial charge in [0.2, 0.25) is 0 Å². The lowest BCUT2D eigenvalue weighted by molar-refractivity contribution is 0.288. The molecule has 0 unspecified atom stereocenters. The summed E-state index contributed by atoms with van der Waals surface area (Å²) in [5.74, 6) is 3.00. The fraction of sp³-hybridized carbons (Fsp3) is 0.435. The number of hydrogen-bond acceptors (Lipinski definition) is 5. The molecule has 0 aliphatic rings. The van der Waals surface area contributed by atoms with Crippen LogP contribution in [0.15, 0.2) is 36.4 Å². The molecule has 0 saturated carbocycles. The largest absolute Gasteiger partial charge is 0.493 e. The maximum absolute atomic E-state index is 5.81. The lowest BCUT2D eigenvalue weighted by Crippen LogP contribution is -2.20. The van der Waals surface area contributed by atoms with E-state index < -0.39 is 0 Å². The third-order valence-corrected chi connectivity index (χ3v) is 4.61. The van der Waals surface area contributed by atoms with Gasteiger partial charge in [0.25, 0.3) is 0 Å². The average molecular weight is 387 g/mol. The summed E-state index contributed by atoms with van der Waals surface area (Å²) in [7, 11) is 4.96. The van der Waals surface area contributed by atoms with Crippen molar-refractivity contribution in [2.75, 3.05) is 27.9 Å². The van der Waals surface area contributed by atoms with Gasteiger partial charge in [-0.15, -0.1) is 0 Å². The van der Waals surface area contributed by atoms with Crippen LogP contribution in [0, 0.1) is 6.42 Å². The van der Waals surface area contributed by atoms with Gasteiger partial charge in [0.1, 0.15) is 0 Å². The summed E-state index contributed by atoms with van der Waals surface area (Å²) in [4.78, 5) is 0. The third kappa shape index (κ3) is 5.80. The van der Waals surface area contributed by atoms with Crippen LogP contribution in [0.25, 0.3) is 0 Å². The van der Waals surface area contributed by atoms with E-state index in [1.54, 1.807) is 21.3 Å². The third-order valence-electron chi connectivity index (χ3n) is 4.61. The van der Waals surface area contributed by atoms with E-state index >= 15 is 0 Å². The van der Waals surface area contributed by atoms with E-state index in [1.807, 2.05) is 37.3 Å². The molecule has 28 heavy (non-hydrogen) atoms. The molecule has 0 amide bonds. The first kappa shape index (κ1) is 21.9. The monoisotopic (exact) mass is 386 g/mol. The molecule has 2 aromatic rings. The smallest absolute Gasteiger partial charge is 0.161 e. The summed E-state index contributed by atoms with van der Waals surface area (Å²) in [5.41, 5.74) is 2.25. The molecule has 0 heterocycles. The molecule has 2 rings (SSSR count). The second-order valence-electron chi connectivity index (χ2n) is 6.49. The van der Waals surface area contributed by atoms with Crippen LogP contribution in [-0.2, 0) is 6.54 Å². The summed E-state index contributed by atoms with van der Waals surface area (Å²) >= 11 is 0. The summed E-state index contributed by atoms with van der Waals surface area (Å²) in [6, 6.07) is 12.1. The van der Waals surface area contributed by atoms with Crippen molar-refractivity contribution in [2.24, 2.45) is 0 Å². The summed E-state index contributed by atoms with van der Waals surface area (Å²) in [6.45, 7) is 5.60. The van der Waals surface area contributed by atoms with Gasteiger partial charge in [0, 0.05) is 12.6 Å². The van der Waals surface area contributed by atoms with Gasteiger partial charge in [-0.3, -0.25) is 0 Å². The van der Waals surface area contributed by atoms with Gasteiger partial charge in [0.05, 0.1) is 27.9 Å². The Morgan fingerprint density at radius 1 is 0.893 bits per heavy atom. The molecule has 0 aliphatic heterocycles. The van der Waals surface area contributed by atoms with Crippen LogP contribution in [0.2, 0.25) is 0 Å². The predicted octanol–water partition coefficient (Wildman–Crippen LogP) is 4.95. The molecule has 5 nitrogen and oxygen atoms in total. The molecule has 2 aromatic carbocycles. The Bertz CT molecular complexity index is 733. The number of hydrogen-bond donors (Lipinski definition) is 1. The van der Waals surface area contributed by atoms with Crippen molar-refractivity contribution in [3.05, 3.63) is 53.9 Å². The summed E-state index contributed by atoms with van der Waals surface area (Å²) in [5, 5.41) is 3.57. The zero-order valence-corrected chi connectivity index (χ0v) is 17.6. The van der Waals surface area contributed by atoms with Crippen LogP contribution in [0.5, 0.6) is 23.0 Å². The van der Waals surface area contributed by atoms with Crippen molar-refractivity contribution < 1.29 is 18.9 Å². The van der Waals surface area contributed by atoms with Crippen LogP contribution in [-0.4, -0.2) is 27.9 Å². The van der Waals surface area contributed by atoms with Crippen LogP contribution in [0.4, 0.5) is 0 Å². The van der Waals surface area contributed by atoms with Crippen molar-refractivity contribution in [1.29, 1.82) is 0 Å². The van der Waals surface area contributed by atoms with Gasteiger partial charge >= 0.3 is 0 Å². The van der Waals surface area contributed by atoms with Crippen LogP contribution in [0.1, 0.15) is 43.9 Å². The van der Waals surface area contributed by atoms with Crippen molar-refractivity contribution in [1.82, 2.24) is 5.32 Å². The molecule has 153 valence electrons. The van der Waals surface area contributed by atoms with Gasteiger partial charge < -0.3 is 24.3 Å². The average Bonchev–Trinajstić information content (AvgIpc) is 2.74. The number of methoxy groups -OCH3 is 3. The molecule has 0 aliphatic carbocycles. The second-order valence-corrected chi connectivity index (χ2v) is 6.49. The SMILES string of the molecule is C[CH][C@@H](NCc1ccc(OCCCC)c(OC)c1)c1ccc(OC)c(OC)c1. The highest BCUT2D eigenvalue weighted by molar-refractivity contribution is 5.45. The zero-order chi connectivity index (χ0) is 20.4. The minimum absolute atomic E-state index is 0.0891. The molecule has 0 bridgehead atoms. The molecule has 0 spiro atoms. The molecule has 0 saturated heterocycles. The van der Waals surface area contributed by atoms with E-state index in [0.29, 0.717) is 13.2 Å². The van der Waals surface area contributed by atoms with E-state index in [2.05, 4.69) is 24.7 Å². The van der Waals surface area contributed by atoms with Crippen molar-refractivity contribution >= 4 is 0 Å². The number of benzene rings is 2. The van der Waals surface area contributed by atoms with E-state index in [4.69, 9.17) is 18.9 Å². The normalized spacial score (nSPS) is 11.8. The first-order valence-electron chi connectivity index (χ1n) is 9.71. The fourth-order valence-electron chi connectivity index (χ4n) is 2.97. The maximum atomic E-state index is 5.81. The minimum atomic E-state index is 0.0891. The Morgan fingerprint density at radius 3 is 2.21 bits per heavy atom. The topological polar surface area (TPSA) is 49.0 Å². The quantitative estimate of drug-likeness (QED) is 0.523. The summed E-state index contributed by atoms with van der Waals surface area (Å²) < 4.78 is 22.1. The molecule has 1 N–H and O–H groups in total. The molecular weight excluding hydrogens is 354 g/mol. The summed E-state index contributed by atoms with van der Waals surface area (Å²) in [6.07, 6.45) is 4.27. The number of ether oxygens (including phenoxy) is 4. The predicted molar refractivity (Wildman–Crippen MR) is 112 cm³/mol. The highest BCUT2D eigenvalue weighted by Crippen LogP contribution is 2.31. The van der Waals surface area contributed by atoms with E-state index in [0.717, 1.165) is 47.0 Å². The van der Waals surface area contributed by atoms with Crippen LogP contribution in [0.3, 0.4) is 0 Å². The molecule has 0 fully saturated rings. The van der Waals surface area contributed by atoms with Gasteiger partial charge in [-0.05, 0) is 48.2 Å². The first-order chi connectivity index (χ1) is 13.7. The minimum Gasteiger partial charge on any atom is -0.493 e. The lowest BCUT2D eigenvalue weighted by atomic mass is 10.0. The number of unbranched alkanes of at least 4 members (excludes halogenated alkanes) is 1. The molecular formula is C23H32NO4. The van der Waals surface area contributed by atoms with Gasteiger partial charge in [-0.1, -0.05) is 32.4 Å². The Balaban J connectivity index is 2.06. The van der Waals surface area contributed by atoms with Gasteiger partial charge in [0.15, 0.2) is 23.0 Å². The molecule has 0 aromatic heterocycles. The highest BCUT2D eigenvalue weighted by Gasteiger charge is 2.13. The Labute approximate surface area is 169 Å². The molecule has 5 heteroatoms. The van der Waals surface area contributed by atoms with E-state index in [-0.39, 0.29) is 6.04 Å². The van der Waals surface area contributed by atoms with Crippen molar-refractivity contribution in [3.63, 3.8) is 0 Å². The molecule has 1 radical (unpaired) electrons. The van der Waals surface area contributed by atoms with Gasteiger partial charge in [-0.2, -0.15) is 0 Å². The zero-order valence-electron chi connectivity index (χ0n) is 17.6. The van der Waals surface area contributed by atoms with Crippen LogP contribution >= 0.6 is 0 Å². The standard InChI is InChI=1S/C23H32NO4/c1-6-8-13-28-21-11-9-17(14-22(21)26-4)16-24-19(7-2)18-10-12-20(25-3)23(15-18)27-5/h7,9-12,14-15,19,24H,6,8,13,16H2,1-5H3/t19-/m1/s1. The van der Waals surface area contributed by atoms with E-state index in [1.165, 1.54) is 0 Å². The Hall–Kier alpha value is -2.40. The fourth-order valence-corrected chi connectivity index (χ4v) is 2.97. The highest BCUT2D eigenvalue weighted by atomic mass is 16.5.